The number of rotatable bonds is 7. The minimum atomic E-state index is -0.598. The summed E-state index contributed by atoms with van der Waals surface area (Å²) in [7, 11) is 3.75. The van der Waals surface area contributed by atoms with E-state index in [-0.39, 0.29) is 17.8 Å². The molecule has 0 saturated carbocycles. The summed E-state index contributed by atoms with van der Waals surface area (Å²) < 4.78 is 13.5. The molecular formula is C19H23FN4O2. The van der Waals surface area contributed by atoms with Gasteiger partial charge in [0.2, 0.25) is 0 Å². The first-order chi connectivity index (χ1) is 12.4. The lowest BCUT2D eigenvalue weighted by molar-refractivity contribution is 0.0942. The molecule has 2 rings (SSSR count). The SMILES string of the molecule is CN(C)C(CNC(=O)c1ccc(CNC(N)=O)cc1)c1cccc(F)c1. The van der Waals surface area contributed by atoms with Crippen molar-refractivity contribution >= 4 is 11.9 Å². The van der Waals surface area contributed by atoms with E-state index in [2.05, 4.69) is 10.6 Å². The summed E-state index contributed by atoms with van der Waals surface area (Å²) in [6.45, 7) is 0.653. The molecule has 3 amide bonds. The van der Waals surface area contributed by atoms with Crippen LogP contribution in [0.5, 0.6) is 0 Å². The van der Waals surface area contributed by atoms with Gasteiger partial charge < -0.3 is 21.3 Å². The van der Waals surface area contributed by atoms with Crippen LogP contribution in [0.2, 0.25) is 0 Å². The van der Waals surface area contributed by atoms with Crippen molar-refractivity contribution < 1.29 is 14.0 Å². The Kier molecular flexibility index (Phi) is 6.68. The highest BCUT2D eigenvalue weighted by atomic mass is 19.1. The standard InChI is InChI=1S/C19H23FN4O2/c1-24(2)17(15-4-3-5-16(20)10-15)12-22-18(25)14-8-6-13(7-9-14)11-23-19(21)26/h3-10,17H,11-12H2,1-2H3,(H,22,25)(H3,21,23,26). The second kappa shape index (κ2) is 8.96. The van der Waals surface area contributed by atoms with Crippen LogP contribution < -0.4 is 16.4 Å². The Bertz CT molecular complexity index is 762. The molecule has 6 nitrogen and oxygen atoms in total. The maximum absolute atomic E-state index is 13.5. The van der Waals surface area contributed by atoms with Crippen molar-refractivity contribution in [1.82, 2.24) is 15.5 Å². The van der Waals surface area contributed by atoms with Gasteiger partial charge in [0.1, 0.15) is 5.82 Å². The second-order valence-corrected chi connectivity index (χ2v) is 6.16. The molecule has 138 valence electrons. The van der Waals surface area contributed by atoms with Gasteiger partial charge in [-0.15, -0.1) is 0 Å². The van der Waals surface area contributed by atoms with Crippen molar-refractivity contribution in [2.24, 2.45) is 5.73 Å². The topological polar surface area (TPSA) is 87.5 Å². The van der Waals surface area contributed by atoms with E-state index < -0.39 is 6.03 Å². The third-order valence-electron chi connectivity index (χ3n) is 4.00. The van der Waals surface area contributed by atoms with Crippen molar-refractivity contribution in [2.75, 3.05) is 20.6 Å². The van der Waals surface area contributed by atoms with Gasteiger partial charge in [-0.2, -0.15) is 0 Å². The molecule has 0 fully saturated rings. The van der Waals surface area contributed by atoms with Crippen LogP contribution >= 0.6 is 0 Å². The summed E-state index contributed by atoms with van der Waals surface area (Å²) in [6, 6.07) is 12.5. The van der Waals surface area contributed by atoms with Crippen LogP contribution in [-0.4, -0.2) is 37.5 Å². The number of urea groups is 1. The van der Waals surface area contributed by atoms with Gasteiger partial charge in [-0.3, -0.25) is 4.79 Å². The first kappa shape index (κ1) is 19.4. The summed E-state index contributed by atoms with van der Waals surface area (Å²) in [6.07, 6.45) is 0. The minimum absolute atomic E-state index is 0.145. The zero-order chi connectivity index (χ0) is 19.1. The van der Waals surface area contributed by atoms with E-state index in [1.807, 2.05) is 25.1 Å². The first-order valence-electron chi connectivity index (χ1n) is 8.19. The lowest BCUT2D eigenvalue weighted by Gasteiger charge is -2.25. The zero-order valence-corrected chi connectivity index (χ0v) is 14.8. The maximum Gasteiger partial charge on any atom is 0.312 e. The number of likely N-dealkylation sites (N-methyl/N-ethyl adjacent to an activating group) is 1. The van der Waals surface area contributed by atoms with Crippen LogP contribution in [0.15, 0.2) is 48.5 Å². The molecule has 4 N–H and O–H groups in total. The third-order valence-corrected chi connectivity index (χ3v) is 4.00. The molecular weight excluding hydrogens is 335 g/mol. The molecule has 1 unspecified atom stereocenters. The summed E-state index contributed by atoms with van der Waals surface area (Å²) in [4.78, 5) is 25.0. The quantitative estimate of drug-likeness (QED) is 0.708. The van der Waals surface area contributed by atoms with Gasteiger partial charge in [-0.25, -0.2) is 9.18 Å². The molecule has 0 saturated heterocycles. The van der Waals surface area contributed by atoms with Crippen LogP contribution in [0.3, 0.4) is 0 Å². The van der Waals surface area contributed by atoms with E-state index in [0.717, 1.165) is 11.1 Å². The van der Waals surface area contributed by atoms with Crippen molar-refractivity contribution in [3.05, 3.63) is 71.0 Å². The zero-order valence-electron chi connectivity index (χ0n) is 14.8. The van der Waals surface area contributed by atoms with Gasteiger partial charge in [0, 0.05) is 18.7 Å². The van der Waals surface area contributed by atoms with Crippen LogP contribution in [0, 0.1) is 5.82 Å². The number of halogens is 1. The Labute approximate surface area is 152 Å². The molecule has 0 aliphatic heterocycles. The number of carbonyl (C=O) groups is 2. The number of primary amides is 1. The average molecular weight is 358 g/mol. The highest BCUT2D eigenvalue weighted by Gasteiger charge is 2.16. The number of nitrogens with one attached hydrogen (secondary N) is 2. The van der Waals surface area contributed by atoms with Crippen LogP contribution in [0.4, 0.5) is 9.18 Å². The van der Waals surface area contributed by atoms with Gasteiger partial charge in [-0.1, -0.05) is 24.3 Å². The van der Waals surface area contributed by atoms with Crippen LogP contribution in [0.1, 0.15) is 27.5 Å². The van der Waals surface area contributed by atoms with Crippen molar-refractivity contribution in [1.29, 1.82) is 0 Å². The van der Waals surface area contributed by atoms with Gasteiger partial charge in [0.15, 0.2) is 0 Å². The largest absolute Gasteiger partial charge is 0.352 e. The predicted octanol–water partition coefficient (Wildman–Crippen LogP) is 2.03. The fraction of sp³-hybridized carbons (Fsp3) is 0.263. The lowest BCUT2D eigenvalue weighted by Crippen LogP contribution is -2.34. The Hall–Kier alpha value is -2.93. The molecule has 1 atom stereocenters. The molecule has 2 aromatic carbocycles. The number of nitrogens with two attached hydrogens (primary N) is 1. The van der Waals surface area contributed by atoms with E-state index in [1.54, 1.807) is 30.3 Å². The van der Waals surface area contributed by atoms with E-state index in [9.17, 15) is 14.0 Å². The predicted molar refractivity (Wildman–Crippen MR) is 98.0 cm³/mol. The number of nitrogens with zero attached hydrogens (tertiary/aromatic N) is 1. The molecule has 0 spiro atoms. The molecule has 2 aromatic rings. The fourth-order valence-corrected chi connectivity index (χ4v) is 2.57. The molecule has 0 aromatic heterocycles. The Morgan fingerprint density at radius 1 is 1.12 bits per heavy atom. The normalized spacial score (nSPS) is 11.8. The number of benzene rings is 2. The van der Waals surface area contributed by atoms with Crippen LogP contribution in [0.25, 0.3) is 0 Å². The molecule has 0 bridgehead atoms. The Morgan fingerprint density at radius 3 is 2.38 bits per heavy atom. The van der Waals surface area contributed by atoms with Crippen molar-refractivity contribution in [3.63, 3.8) is 0 Å². The first-order valence-corrected chi connectivity index (χ1v) is 8.19. The van der Waals surface area contributed by atoms with Crippen molar-refractivity contribution in [2.45, 2.75) is 12.6 Å². The van der Waals surface area contributed by atoms with E-state index in [0.29, 0.717) is 18.7 Å². The molecule has 0 aliphatic rings. The number of amides is 3. The minimum Gasteiger partial charge on any atom is -0.352 e. The van der Waals surface area contributed by atoms with Crippen LogP contribution in [-0.2, 0) is 6.54 Å². The molecule has 0 radical (unpaired) electrons. The lowest BCUT2D eigenvalue weighted by atomic mass is 10.1. The van der Waals surface area contributed by atoms with E-state index in [1.165, 1.54) is 12.1 Å². The van der Waals surface area contributed by atoms with Gasteiger partial charge in [-0.05, 0) is 49.5 Å². The second-order valence-electron chi connectivity index (χ2n) is 6.16. The number of carbonyl (C=O) groups excluding carboxylic acids is 2. The summed E-state index contributed by atoms with van der Waals surface area (Å²) in [5.74, 6) is -0.525. The van der Waals surface area contributed by atoms with Gasteiger partial charge >= 0.3 is 6.03 Å². The monoisotopic (exact) mass is 358 g/mol. The Balaban J connectivity index is 1.98. The molecule has 0 aliphatic carbocycles. The van der Waals surface area contributed by atoms with Gasteiger partial charge in [0.25, 0.3) is 5.91 Å². The van der Waals surface area contributed by atoms with E-state index in [4.69, 9.17) is 5.73 Å². The summed E-state index contributed by atoms with van der Waals surface area (Å²) >= 11 is 0. The molecule has 26 heavy (non-hydrogen) atoms. The average Bonchev–Trinajstić information content (AvgIpc) is 2.60. The van der Waals surface area contributed by atoms with Gasteiger partial charge in [0.05, 0.1) is 6.04 Å². The molecule has 0 heterocycles. The van der Waals surface area contributed by atoms with Crippen molar-refractivity contribution in [3.8, 4) is 0 Å². The fourth-order valence-electron chi connectivity index (χ4n) is 2.57. The van der Waals surface area contributed by atoms with E-state index >= 15 is 0 Å². The Morgan fingerprint density at radius 2 is 1.81 bits per heavy atom. The summed E-state index contributed by atoms with van der Waals surface area (Å²) in [5.41, 5.74) is 7.16. The highest BCUT2D eigenvalue weighted by molar-refractivity contribution is 5.94. The summed E-state index contributed by atoms with van der Waals surface area (Å²) in [5, 5.41) is 5.36. The maximum atomic E-state index is 13.5. The highest BCUT2D eigenvalue weighted by Crippen LogP contribution is 2.18. The smallest absolute Gasteiger partial charge is 0.312 e. The third kappa shape index (κ3) is 5.56. The number of hydrogen-bond acceptors (Lipinski definition) is 3. The molecule has 7 heteroatoms. The number of hydrogen-bond donors (Lipinski definition) is 3.